The van der Waals surface area contributed by atoms with Gasteiger partial charge in [0.2, 0.25) is 0 Å². The quantitative estimate of drug-likeness (QED) is 0.793. The molecule has 0 aliphatic carbocycles. The Morgan fingerprint density at radius 3 is 2.27 bits per heavy atom. The second kappa shape index (κ2) is 6.25. The maximum absolute atomic E-state index is 12.7. The molecule has 0 radical (unpaired) electrons. The summed E-state index contributed by atoms with van der Waals surface area (Å²) in [7, 11) is 3.12. The molecular formula is C19H26BN3O3. The van der Waals surface area contributed by atoms with Crippen LogP contribution in [0.3, 0.4) is 0 Å². The fraction of sp³-hybridized carbons (Fsp3) is 0.474. The summed E-state index contributed by atoms with van der Waals surface area (Å²) in [5, 5.41) is 4.07. The number of amides is 1. The van der Waals surface area contributed by atoms with Gasteiger partial charge in [-0.15, -0.1) is 0 Å². The van der Waals surface area contributed by atoms with E-state index in [1.54, 1.807) is 35.9 Å². The highest BCUT2D eigenvalue weighted by Crippen LogP contribution is 2.36. The predicted octanol–water partition coefficient (Wildman–Crippen LogP) is 2.30. The summed E-state index contributed by atoms with van der Waals surface area (Å²) in [6.07, 6.45) is 1.62. The number of carbonyl (C=O) groups excluding carboxylic acids is 1. The Labute approximate surface area is 155 Å². The maximum atomic E-state index is 12.7. The predicted molar refractivity (Wildman–Crippen MR) is 103 cm³/mol. The third-order valence-corrected chi connectivity index (χ3v) is 5.45. The van der Waals surface area contributed by atoms with E-state index in [1.165, 1.54) is 0 Å². The molecule has 0 atom stereocenters. The van der Waals surface area contributed by atoms with Crippen molar-refractivity contribution in [1.29, 1.82) is 0 Å². The largest absolute Gasteiger partial charge is 0.494 e. The smallest absolute Gasteiger partial charge is 0.399 e. The molecule has 0 unspecified atom stereocenters. The molecule has 0 spiro atoms. The number of benzene rings is 1. The first kappa shape index (κ1) is 18.7. The molecule has 2 aromatic rings. The van der Waals surface area contributed by atoms with Crippen molar-refractivity contribution in [1.82, 2.24) is 9.78 Å². The standard InChI is InChI=1S/C19H26BN3O3/c1-13-12-14(20-25-18(2,3)19(4,5)26-20)8-9-15(13)22(6)17(24)16-10-11-21-23(16)7/h8-12H,1-7H3. The Balaban J connectivity index is 1.85. The highest BCUT2D eigenvalue weighted by molar-refractivity contribution is 6.62. The summed E-state index contributed by atoms with van der Waals surface area (Å²) in [6, 6.07) is 7.62. The fourth-order valence-electron chi connectivity index (χ4n) is 3.05. The Kier molecular flexibility index (Phi) is 4.49. The number of rotatable bonds is 3. The molecular weight excluding hydrogens is 329 g/mol. The monoisotopic (exact) mass is 355 g/mol. The van der Waals surface area contributed by atoms with Gasteiger partial charge in [0.15, 0.2) is 0 Å². The van der Waals surface area contributed by atoms with Crippen LogP contribution in [-0.4, -0.2) is 41.1 Å². The lowest BCUT2D eigenvalue weighted by molar-refractivity contribution is 0.00578. The van der Waals surface area contributed by atoms with Crippen LogP contribution in [0.25, 0.3) is 0 Å². The van der Waals surface area contributed by atoms with Crippen molar-refractivity contribution in [3.05, 3.63) is 41.7 Å². The zero-order chi connectivity index (χ0) is 19.3. The molecule has 1 fully saturated rings. The summed E-state index contributed by atoms with van der Waals surface area (Å²) in [5.74, 6) is -0.100. The van der Waals surface area contributed by atoms with Crippen LogP contribution in [0.15, 0.2) is 30.5 Å². The average molecular weight is 355 g/mol. The minimum Gasteiger partial charge on any atom is -0.399 e. The molecule has 1 aliphatic heterocycles. The van der Waals surface area contributed by atoms with Crippen LogP contribution in [0, 0.1) is 6.92 Å². The lowest BCUT2D eigenvalue weighted by Gasteiger charge is -2.32. The molecule has 138 valence electrons. The third kappa shape index (κ3) is 3.06. The number of hydrogen-bond acceptors (Lipinski definition) is 4. The lowest BCUT2D eigenvalue weighted by Crippen LogP contribution is -2.41. The van der Waals surface area contributed by atoms with Crippen molar-refractivity contribution in [2.45, 2.75) is 45.8 Å². The second-order valence-electron chi connectivity index (χ2n) is 7.84. The second-order valence-corrected chi connectivity index (χ2v) is 7.84. The van der Waals surface area contributed by atoms with Gasteiger partial charge in [-0.2, -0.15) is 5.10 Å². The molecule has 6 nitrogen and oxygen atoms in total. The Hall–Kier alpha value is -2.12. The summed E-state index contributed by atoms with van der Waals surface area (Å²) in [6.45, 7) is 10.1. The first-order valence-corrected chi connectivity index (χ1v) is 8.76. The van der Waals surface area contributed by atoms with Gasteiger partial charge in [-0.1, -0.05) is 12.1 Å². The molecule has 7 heteroatoms. The van der Waals surface area contributed by atoms with Crippen molar-refractivity contribution >= 4 is 24.2 Å². The molecule has 3 rings (SSSR count). The molecule has 0 saturated carbocycles. The van der Waals surface area contributed by atoms with Crippen molar-refractivity contribution in [3.8, 4) is 0 Å². The van der Waals surface area contributed by atoms with Gasteiger partial charge >= 0.3 is 7.12 Å². The van der Waals surface area contributed by atoms with E-state index in [0.717, 1.165) is 16.7 Å². The normalized spacial score (nSPS) is 18.2. The van der Waals surface area contributed by atoms with Gasteiger partial charge in [0.1, 0.15) is 5.69 Å². The van der Waals surface area contributed by atoms with Gasteiger partial charge in [-0.25, -0.2) is 0 Å². The molecule has 1 amide bonds. The van der Waals surface area contributed by atoms with Gasteiger partial charge < -0.3 is 14.2 Å². The van der Waals surface area contributed by atoms with Crippen molar-refractivity contribution in [3.63, 3.8) is 0 Å². The lowest BCUT2D eigenvalue weighted by atomic mass is 9.78. The van der Waals surface area contributed by atoms with E-state index in [-0.39, 0.29) is 17.1 Å². The van der Waals surface area contributed by atoms with E-state index in [0.29, 0.717) is 5.69 Å². The minimum absolute atomic E-state index is 0.100. The number of anilines is 1. The van der Waals surface area contributed by atoms with E-state index >= 15 is 0 Å². The van der Waals surface area contributed by atoms with Crippen LogP contribution in [0.5, 0.6) is 0 Å². The fourth-order valence-corrected chi connectivity index (χ4v) is 3.05. The van der Waals surface area contributed by atoms with Crippen molar-refractivity contribution in [2.75, 3.05) is 11.9 Å². The van der Waals surface area contributed by atoms with Gasteiger partial charge in [-0.05, 0) is 57.8 Å². The Bertz CT molecular complexity index is 828. The number of carbonyl (C=O) groups is 1. The van der Waals surface area contributed by atoms with E-state index in [4.69, 9.17) is 9.31 Å². The number of nitrogens with zero attached hydrogens (tertiary/aromatic N) is 3. The van der Waals surface area contributed by atoms with Crippen molar-refractivity contribution < 1.29 is 14.1 Å². The molecule has 1 aromatic heterocycles. The summed E-state index contributed by atoms with van der Waals surface area (Å²) >= 11 is 0. The van der Waals surface area contributed by atoms with Crippen molar-refractivity contribution in [2.24, 2.45) is 7.05 Å². The first-order valence-electron chi connectivity index (χ1n) is 8.76. The van der Waals surface area contributed by atoms with Crippen LogP contribution in [0.1, 0.15) is 43.7 Å². The maximum Gasteiger partial charge on any atom is 0.494 e. The number of aromatic nitrogens is 2. The summed E-state index contributed by atoms with van der Waals surface area (Å²) in [5.41, 5.74) is 2.56. The van der Waals surface area contributed by atoms with Crippen LogP contribution in [0.4, 0.5) is 5.69 Å². The average Bonchev–Trinajstić information content (AvgIpc) is 3.06. The van der Waals surface area contributed by atoms with E-state index < -0.39 is 7.12 Å². The highest BCUT2D eigenvalue weighted by atomic mass is 16.7. The topological polar surface area (TPSA) is 56.6 Å². The van der Waals surface area contributed by atoms with Gasteiger partial charge in [-0.3, -0.25) is 9.48 Å². The molecule has 0 N–H and O–H groups in total. The van der Waals surface area contributed by atoms with Gasteiger partial charge in [0, 0.05) is 26.0 Å². The van der Waals surface area contributed by atoms with Crippen LogP contribution < -0.4 is 10.4 Å². The zero-order valence-corrected chi connectivity index (χ0v) is 16.5. The number of aryl methyl sites for hydroxylation is 2. The van der Waals surface area contributed by atoms with Crippen LogP contribution >= 0.6 is 0 Å². The Morgan fingerprint density at radius 1 is 1.15 bits per heavy atom. The molecule has 1 aromatic carbocycles. The molecule has 26 heavy (non-hydrogen) atoms. The Morgan fingerprint density at radius 2 is 1.77 bits per heavy atom. The summed E-state index contributed by atoms with van der Waals surface area (Å²) in [4.78, 5) is 14.3. The molecule has 0 bridgehead atoms. The SMILES string of the molecule is Cc1cc(B2OC(C)(C)C(C)(C)O2)ccc1N(C)C(=O)c1ccnn1C. The number of hydrogen-bond donors (Lipinski definition) is 0. The first-order chi connectivity index (χ1) is 12.0. The van der Waals surface area contributed by atoms with E-state index in [2.05, 4.69) is 5.10 Å². The molecule has 2 heterocycles. The van der Waals surface area contributed by atoms with E-state index in [1.807, 2.05) is 52.8 Å². The van der Waals surface area contributed by atoms with Gasteiger partial charge in [0.25, 0.3) is 5.91 Å². The highest BCUT2D eigenvalue weighted by Gasteiger charge is 2.51. The van der Waals surface area contributed by atoms with Gasteiger partial charge in [0.05, 0.1) is 11.2 Å². The van der Waals surface area contributed by atoms with E-state index in [9.17, 15) is 4.79 Å². The third-order valence-electron chi connectivity index (χ3n) is 5.45. The zero-order valence-electron chi connectivity index (χ0n) is 16.5. The van der Waals surface area contributed by atoms with Crippen LogP contribution in [0.2, 0.25) is 0 Å². The molecule has 1 saturated heterocycles. The van der Waals surface area contributed by atoms with Crippen LogP contribution in [-0.2, 0) is 16.4 Å². The summed E-state index contributed by atoms with van der Waals surface area (Å²) < 4.78 is 13.8. The molecule has 1 aliphatic rings. The minimum atomic E-state index is -0.411.